The molecule has 2 rings (SSSR count). The second kappa shape index (κ2) is 6.89. The second-order valence-electron chi connectivity index (χ2n) is 4.79. The maximum atomic E-state index is 13.7. The summed E-state index contributed by atoms with van der Waals surface area (Å²) in [5.74, 6) is -15.4. The topological polar surface area (TPSA) is 26.3 Å². The molecule has 0 radical (unpaired) electrons. The van der Waals surface area contributed by atoms with Crippen LogP contribution in [0, 0.1) is 34.9 Å². The first-order valence-electron chi connectivity index (χ1n) is 6.50. The molecule has 11 heteroatoms. The largest absolute Gasteiger partial charge is 0.457 e. The molecule has 0 amide bonds. The van der Waals surface area contributed by atoms with Gasteiger partial charge >= 0.3 is 12.1 Å². The van der Waals surface area contributed by atoms with Gasteiger partial charge in [-0.1, -0.05) is 6.07 Å². The van der Waals surface area contributed by atoms with Crippen LogP contribution >= 0.6 is 0 Å². The minimum absolute atomic E-state index is 0.330. The van der Waals surface area contributed by atoms with Gasteiger partial charge in [0.05, 0.1) is 16.7 Å². The Morgan fingerprint density at radius 1 is 0.808 bits per heavy atom. The third kappa shape index (κ3) is 3.46. The summed E-state index contributed by atoms with van der Waals surface area (Å²) in [6.45, 7) is -1.53. The summed E-state index contributed by atoms with van der Waals surface area (Å²) in [7, 11) is 0. The molecule has 0 aliphatic heterocycles. The molecule has 0 saturated carbocycles. The first kappa shape index (κ1) is 19.6. The minimum atomic E-state index is -5.14. The lowest BCUT2D eigenvalue weighted by atomic mass is 10.1. The lowest BCUT2D eigenvalue weighted by molar-refractivity contribution is -0.140. The molecule has 2 aromatic carbocycles. The summed E-state index contributed by atoms with van der Waals surface area (Å²) in [5.41, 5.74) is -4.57. The van der Waals surface area contributed by atoms with Gasteiger partial charge in [-0.3, -0.25) is 0 Å². The lowest BCUT2D eigenvalue weighted by Gasteiger charge is -2.12. The Labute approximate surface area is 138 Å². The number of esters is 1. The van der Waals surface area contributed by atoms with E-state index in [1.807, 2.05) is 0 Å². The van der Waals surface area contributed by atoms with E-state index < -0.39 is 70.3 Å². The molecule has 0 fully saturated rings. The highest BCUT2D eigenvalue weighted by Crippen LogP contribution is 2.32. The number of rotatable bonds is 3. The summed E-state index contributed by atoms with van der Waals surface area (Å²) in [4.78, 5) is 11.6. The van der Waals surface area contributed by atoms with Crippen LogP contribution in [0.4, 0.5) is 39.5 Å². The molecule has 0 aliphatic rings. The van der Waals surface area contributed by atoms with Gasteiger partial charge in [0.1, 0.15) is 12.4 Å². The summed E-state index contributed by atoms with van der Waals surface area (Å²) in [6, 6.07) is 1.59. The van der Waals surface area contributed by atoms with Crippen LogP contribution in [0.15, 0.2) is 18.2 Å². The zero-order valence-corrected chi connectivity index (χ0v) is 12.2. The Bertz CT molecular complexity index is 845. The minimum Gasteiger partial charge on any atom is -0.457 e. The van der Waals surface area contributed by atoms with Crippen LogP contribution in [0.5, 0.6) is 0 Å². The first-order chi connectivity index (χ1) is 12.0. The highest BCUT2D eigenvalue weighted by atomic mass is 19.4. The summed E-state index contributed by atoms with van der Waals surface area (Å²) in [5, 5.41) is 0. The molecule has 0 saturated heterocycles. The van der Waals surface area contributed by atoms with Gasteiger partial charge in [0.2, 0.25) is 5.82 Å². The summed E-state index contributed by atoms with van der Waals surface area (Å²) >= 11 is 0. The van der Waals surface area contributed by atoms with Gasteiger partial charge in [-0.15, -0.1) is 0 Å². The van der Waals surface area contributed by atoms with Crippen molar-refractivity contribution in [3.63, 3.8) is 0 Å². The molecular weight excluding hydrogens is 383 g/mol. The van der Waals surface area contributed by atoms with E-state index in [-0.39, 0.29) is 0 Å². The normalized spacial score (nSPS) is 11.6. The Balaban J connectivity index is 2.32. The van der Waals surface area contributed by atoms with Crippen molar-refractivity contribution in [2.75, 3.05) is 0 Å². The SMILES string of the molecule is O=C(OCc1c(F)c(F)c(F)c(F)c1F)c1cccc(C(F)(F)F)c1F. The molecule has 0 aromatic heterocycles. The molecule has 2 nitrogen and oxygen atoms in total. The third-order valence-electron chi connectivity index (χ3n) is 3.17. The molecule has 0 unspecified atom stereocenters. The number of hydrogen-bond donors (Lipinski definition) is 0. The quantitative estimate of drug-likeness (QED) is 0.324. The third-order valence-corrected chi connectivity index (χ3v) is 3.17. The van der Waals surface area contributed by atoms with E-state index in [0.29, 0.717) is 18.2 Å². The summed E-state index contributed by atoms with van der Waals surface area (Å²) in [6.07, 6.45) is -5.14. The van der Waals surface area contributed by atoms with Crippen molar-refractivity contribution in [2.45, 2.75) is 12.8 Å². The van der Waals surface area contributed by atoms with E-state index in [0.717, 1.165) is 0 Å². The van der Waals surface area contributed by atoms with Crippen LogP contribution in [0.25, 0.3) is 0 Å². The van der Waals surface area contributed by atoms with E-state index in [1.165, 1.54) is 0 Å². The molecule has 0 N–H and O–H groups in total. The number of ether oxygens (including phenoxy) is 1. The van der Waals surface area contributed by atoms with Gasteiger partial charge in [-0.25, -0.2) is 31.1 Å². The zero-order chi connectivity index (χ0) is 19.8. The summed E-state index contributed by atoms with van der Waals surface area (Å²) < 4.78 is 121. The molecule has 2 aromatic rings. The van der Waals surface area contributed by atoms with Crippen LogP contribution in [-0.2, 0) is 17.5 Å². The molecule has 0 aliphatic carbocycles. The van der Waals surface area contributed by atoms with E-state index >= 15 is 0 Å². The van der Waals surface area contributed by atoms with Gasteiger partial charge in [0.15, 0.2) is 23.3 Å². The number of alkyl halides is 3. The monoisotopic (exact) mass is 388 g/mol. The van der Waals surface area contributed by atoms with Gasteiger partial charge in [0, 0.05) is 0 Å². The maximum absolute atomic E-state index is 13.7. The predicted octanol–water partition coefficient (Wildman–Crippen LogP) is 4.90. The van der Waals surface area contributed by atoms with E-state index in [2.05, 4.69) is 4.74 Å². The highest BCUT2D eigenvalue weighted by molar-refractivity contribution is 5.90. The van der Waals surface area contributed by atoms with E-state index in [4.69, 9.17) is 0 Å². The average Bonchev–Trinajstić information content (AvgIpc) is 2.57. The second-order valence-corrected chi connectivity index (χ2v) is 4.79. The maximum Gasteiger partial charge on any atom is 0.419 e. The van der Waals surface area contributed by atoms with Crippen LogP contribution in [0.1, 0.15) is 21.5 Å². The van der Waals surface area contributed by atoms with Crippen molar-refractivity contribution in [3.05, 3.63) is 69.8 Å². The molecule has 0 bridgehead atoms. The van der Waals surface area contributed by atoms with Crippen LogP contribution < -0.4 is 0 Å². The number of carbonyl (C=O) groups excluding carboxylic acids is 1. The number of hydrogen-bond acceptors (Lipinski definition) is 2. The predicted molar refractivity (Wildman–Crippen MR) is 66.8 cm³/mol. The Morgan fingerprint density at radius 2 is 1.31 bits per heavy atom. The van der Waals surface area contributed by atoms with Gasteiger partial charge in [-0.2, -0.15) is 13.2 Å². The molecule has 0 heterocycles. The van der Waals surface area contributed by atoms with E-state index in [9.17, 15) is 44.3 Å². The van der Waals surface area contributed by atoms with Crippen molar-refractivity contribution in [1.29, 1.82) is 0 Å². The zero-order valence-electron chi connectivity index (χ0n) is 12.2. The number of halogens is 9. The van der Waals surface area contributed by atoms with Gasteiger partial charge in [0.25, 0.3) is 0 Å². The van der Waals surface area contributed by atoms with Crippen molar-refractivity contribution in [3.8, 4) is 0 Å². The highest BCUT2D eigenvalue weighted by Gasteiger charge is 2.36. The lowest BCUT2D eigenvalue weighted by Crippen LogP contribution is -2.15. The standard InChI is InChI=1S/C15H5F9O2/c16-8-5(2-1-3-7(8)15(22,23)24)14(25)26-4-6-9(17)11(19)13(21)12(20)10(6)18/h1-3H,4H2. The fourth-order valence-electron chi connectivity index (χ4n) is 1.90. The van der Waals surface area contributed by atoms with Crippen molar-refractivity contribution in [2.24, 2.45) is 0 Å². The fourth-order valence-corrected chi connectivity index (χ4v) is 1.90. The Kier molecular flexibility index (Phi) is 5.19. The first-order valence-corrected chi connectivity index (χ1v) is 6.50. The van der Waals surface area contributed by atoms with Crippen LogP contribution in [0.3, 0.4) is 0 Å². The van der Waals surface area contributed by atoms with Crippen molar-refractivity contribution in [1.82, 2.24) is 0 Å². The van der Waals surface area contributed by atoms with Crippen LogP contribution in [0.2, 0.25) is 0 Å². The average molecular weight is 388 g/mol. The number of carbonyl (C=O) groups is 1. The molecule has 26 heavy (non-hydrogen) atoms. The van der Waals surface area contributed by atoms with Crippen molar-refractivity contribution < 1.29 is 49.0 Å². The van der Waals surface area contributed by atoms with Crippen molar-refractivity contribution >= 4 is 5.97 Å². The van der Waals surface area contributed by atoms with E-state index in [1.54, 1.807) is 0 Å². The Morgan fingerprint density at radius 3 is 1.81 bits per heavy atom. The Hall–Kier alpha value is -2.72. The van der Waals surface area contributed by atoms with Gasteiger partial charge in [-0.05, 0) is 12.1 Å². The molecule has 140 valence electrons. The van der Waals surface area contributed by atoms with Gasteiger partial charge < -0.3 is 4.74 Å². The number of benzene rings is 2. The fraction of sp³-hybridized carbons (Fsp3) is 0.133. The molecule has 0 spiro atoms. The molecular formula is C15H5F9O2. The smallest absolute Gasteiger partial charge is 0.419 e. The van der Waals surface area contributed by atoms with Crippen LogP contribution in [-0.4, -0.2) is 5.97 Å². The molecule has 0 atom stereocenters.